The monoisotopic (exact) mass is 543 g/mol. The molecule has 1 aliphatic carbocycles. The van der Waals surface area contributed by atoms with Crippen molar-refractivity contribution in [2.45, 2.75) is 39.7 Å². The molecule has 0 spiro atoms. The molecule has 9 nitrogen and oxygen atoms in total. The van der Waals surface area contributed by atoms with E-state index >= 15 is 0 Å². The molecule has 2 aromatic carbocycles. The summed E-state index contributed by atoms with van der Waals surface area (Å²) in [5.74, 6) is 1.73. The molecule has 9 heteroatoms. The second kappa shape index (κ2) is 12.6. The molecule has 0 radical (unpaired) electrons. The zero-order valence-electron chi connectivity index (χ0n) is 23.9. The molecule has 0 bridgehead atoms. The van der Waals surface area contributed by atoms with E-state index in [1.54, 1.807) is 15.8 Å². The average molecular weight is 544 g/mol. The maximum absolute atomic E-state index is 13.7. The molecule has 3 aromatic rings. The molecule has 1 aromatic heterocycles. The summed E-state index contributed by atoms with van der Waals surface area (Å²) in [5, 5.41) is 10.7. The van der Waals surface area contributed by atoms with Crippen LogP contribution in [-0.4, -0.2) is 70.8 Å². The number of urea groups is 1. The Balaban J connectivity index is 1.18. The smallest absolute Gasteiger partial charge is 0.317 e. The summed E-state index contributed by atoms with van der Waals surface area (Å²) in [6.07, 6.45) is 5.82. The van der Waals surface area contributed by atoms with Gasteiger partial charge in [-0.25, -0.2) is 4.79 Å². The highest BCUT2D eigenvalue weighted by Crippen LogP contribution is 2.32. The maximum Gasteiger partial charge on any atom is 0.317 e. The topological polar surface area (TPSA) is 85.7 Å². The Morgan fingerprint density at radius 2 is 1.82 bits per heavy atom. The van der Waals surface area contributed by atoms with Crippen LogP contribution in [0.1, 0.15) is 47.7 Å². The van der Waals surface area contributed by atoms with Gasteiger partial charge in [-0.3, -0.25) is 14.4 Å². The summed E-state index contributed by atoms with van der Waals surface area (Å²) in [6, 6.07) is 15.5. The lowest BCUT2D eigenvalue weighted by atomic mass is 10.0. The predicted octanol–water partition coefficient (Wildman–Crippen LogP) is 4.77. The van der Waals surface area contributed by atoms with Crippen molar-refractivity contribution in [2.75, 3.05) is 49.5 Å². The van der Waals surface area contributed by atoms with Crippen LogP contribution < -0.4 is 15.5 Å². The number of carbonyl (C=O) groups is 2. The normalized spacial score (nSPS) is 15.6. The van der Waals surface area contributed by atoms with Crippen molar-refractivity contribution in [3.8, 4) is 0 Å². The van der Waals surface area contributed by atoms with E-state index in [9.17, 15) is 9.59 Å². The number of hydrogen-bond donors (Lipinski definition) is 2. The van der Waals surface area contributed by atoms with Crippen LogP contribution in [0.3, 0.4) is 0 Å². The van der Waals surface area contributed by atoms with E-state index in [1.165, 1.54) is 19.3 Å². The third-order valence-electron chi connectivity index (χ3n) is 8.01. The highest BCUT2D eigenvalue weighted by atomic mass is 16.2. The van der Waals surface area contributed by atoms with E-state index in [0.29, 0.717) is 18.7 Å². The minimum absolute atomic E-state index is 0.0191. The van der Waals surface area contributed by atoms with E-state index in [0.717, 1.165) is 67.0 Å². The lowest BCUT2D eigenvalue weighted by Crippen LogP contribution is -2.51. The van der Waals surface area contributed by atoms with Crippen LogP contribution in [0.4, 0.5) is 22.0 Å². The molecule has 0 atom stereocenters. The highest BCUT2D eigenvalue weighted by Gasteiger charge is 2.25. The number of hydrogen-bond acceptors (Lipinski definition) is 5. The van der Waals surface area contributed by atoms with Gasteiger partial charge < -0.3 is 20.4 Å². The number of aromatic nitrogens is 2. The molecular weight excluding hydrogens is 502 g/mol. The third kappa shape index (κ3) is 6.65. The van der Waals surface area contributed by atoms with Crippen LogP contribution in [0.5, 0.6) is 0 Å². The largest absolute Gasteiger partial charge is 0.339 e. The van der Waals surface area contributed by atoms with Crippen molar-refractivity contribution in [3.63, 3.8) is 0 Å². The van der Waals surface area contributed by atoms with Crippen molar-refractivity contribution in [1.82, 2.24) is 24.9 Å². The van der Waals surface area contributed by atoms with Crippen molar-refractivity contribution in [1.29, 1.82) is 0 Å². The van der Waals surface area contributed by atoms with Gasteiger partial charge >= 0.3 is 6.03 Å². The van der Waals surface area contributed by atoms with Crippen LogP contribution in [-0.2, 0) is 13.6 Å². The Labute approximate surface area is 237 Å². The number of nitrogens with zero attached hydrogens (tertiary/aromatic N) is 5. The molecule has 2 N–H and O–H groups in total. The predicted molar refractivity (Wildman–Crippen MR) is 159 cm³/mol. The fourth-order valence-corrected chi connectivity index (χ4v) is 5.33. The molecule has 1 saturated carbocycles. The zero-order chi connectivity index (χ0) is 28.1. The van der Waals surface area contributed by atoms with Crippen molar-refractivity contribution < 1.29 is 9.59 Å². The lowest BCUT2D eigenvalue weighted by molar-refractivity contribution is 0.0987. The van der Waals surface area contributed by atoms with Gasteiger partial charge in [0.25, 0.3) is 5.91 Å². The number of piperazine rings is 1. The first-order valence-electron chi connectivity index (χ1n) is 14.4. The second-order valence-electron chi connectivity index (χ2n) is 10.9. The van der Waals surface area contributed by atoms with Gasteiger partial charge in [0.15, 0.2) is 0 Å². The van der Waals surface area contributed by atoms with Gasteiger partial charge in [0, 0.05) is 57.9 Å². The molecule has 2 heterocycles. The SMILES string of the molecule is CCN(C(=O)c1ccc(CNC(=O)N2CCN(CCC3CC3)CC2)cc1C)c1ccccc1Nc1ccnn1C. The van der Waals surface area contributed by atoms with Crippen molar-refractivity contribution in [3.05, 3.63) is 71.4 Å². The summed E-state index contributed by atoms with van der Waals surface area (Å²) in [7, 11) is 1.87. The molecular formula is C31H41N7O2. The molecule has 212 valence electrons. The van der Waals surface area contributed by atoms with Gasteiger partial charge in [-0.1, -0.05) is 37.1 Å². The van der Waals surface area contributed by atoms with Crippen LogP contribution in [0.15, 0.2) is 54.7 Å². The Hall–Kier alpha value is -3.85. The van der Waals surface area contributed by atoms with Crippen molar-refractivity contribution in [2.24, 2.45) is 13.0 Å². The zero-order valence-corrected chi connectivity index (χ0v) is 23.9. The molecule has 3 amide bonds. The maximum atomic E-state index is 13.7. The Kier molecular flexibility index (Phi) is 8.69. The summed E-state index contributed by atoms with van der Waals surface area (Å²) in [5.41, 5.74) is 4.15. The van der Waals surface area contributed by atoms with Crippen LogP contribution in [0.2, 0.25) is 0 Å². The Morgan fingerprint density at radius 3 is 2.50 bits per heavy atom. The van der Waals surface area contributed by atoms with Crippen LogP contribution >= 0.6 is 0 Å². The van der Waals surface area contributed by atoms with Crippen LogP contribution in [0, 0.1) is 12.8 Å². The molecule has 1 aliphatic heterocycles. The number of aryl methyl sites for hydroxylation is 2. The van der Waals surface area contributed by atoms with E-state index in [4.69, 9.17) is 0 Å². The number of carbonyl (C=O) groups excluding carboxylic acids is 2. The first-order chi connectivity index (χ1) is 19.4. The molecule has 40 heavy (non-hydrogen) atoms. The minimum atomic E-state index is -0.0607. The molecule has 5 rings (SSSR count). The second-order valence-corrected chi connectivity index (χ2v) is 10.9. The molecule has 2 fully saturated rings. The van der Waals surface area contributed by atoms with E-state index in [1.807, 2.05) is 74.3 Å². The van der Waals surface area contributed by atoms with Crippen molar-refractivity contribution >= 4 is 29.1 Å². The average Bonchev–Trinajstić information content (AvgIpc) is 3.72. The quantitative estimate of drug-likeness (QED) is 0.385. The number of benzene rings is 2. The van der Waals surface area contributed by atoms with Gasteiger partial charge in [0.2, 0.25) is 0 Å². The Bertz CT molecular complexity index is 1320. The van der Waals surface area contributed by atoms with Gasteiger partial charge in [-0.2, -0.15) is 5.10 Å². The van der Waals surface area contributed by atoms with E-state index < -0.39 is 0 Å². The standard InChI is InChI=1S/C31H41N7O2/c1-4-38(28-8-6-5-7-27(28)34-29-13-15-33-35(29)3)30(39)26-12-11-25(21-23(26)2)22-32-31(40)37-19-17-36(18-20-37)16-14-24-9-10-24/h5-8,11-13,15,21,24,34H,4,9-10,14,16-20,22H2,1-3H3,(H,32,40). The van der Waals surface area contributed by atoms with E-state index in [-0.39, 0.29) is 11.9 Å². The fraction of sp³-hybridized carbons (Fsp3) is 0.452. The number of amides is 3. The lowest BCUT2D eigenvalue weighted by Gasteiger charge is -2.34. The van der Waals surface area contributed by atoms with Gasteiger partial charge in [0.1, 0.15) is 5.82 Å². The summed E-state index contributed by atoms with van der Waals surface area (Å²) >= 11 is 0. The van der Waals surface area contributed by atoms with Crippen LogP contribution in [0.25, 0.3) is 0 Å². The first kappa shape index (κ1) is 27.7. The van der Waals surface area contributed by atoms with E-state index in [2.05, 4.69) is 20.6 Å². The molecule has 2 aliphatic rings. The van der Waals surface area contributed by atoms with Gasteiger partial charge in [-0.15, -0.1) is 0 Å². The highest BCUT2D eigenvalue weighted by molar-refractivity contribution is 6.08. The first-order valence-corrected chi connectivity index (χ1v) is 14.4. The van der Waals surface area contributed by atoms with Gasteiger partial charge in [-0.05, 0) is 62.1 Å². The minimum Gasteiger partial charge on any atom is -0.339 e. The summed E-state index contributed by atoms with van der Waals surface area (Å²) in [6.45, 7) is 9.48. The summed E-state index contributed by atoms with van der Waals surface area (Å²) in [4.78, 5) is 32.7. The fourth-order valence-electron chi connectivity index (χ4n) is 5.33. The number of para-hydroxylation sites is 2. The Morgan fingerprint density at radius 1 is 1.05 bits per heavy atom. The summed E-state index contributed by atoms with van der Waals surface area (Å²) < 4.78 is 1.76. The molecule has 1 saturated heterocycles. The van der Waals surface area contributed by atoms with Gasteiger partial charge in [0.05, 0.1) is 17.6 Å². The number of rotatable bonds is 10. The number of anilines is 3. The number of nitrogens with one attached hydrogen (secondary N) is 2. The third-order valence-corrected chi connectivity index (χ3v) is 8.01. The molecule has 0 unspecified atom stereocenters.